The molecule has 130 valence electrons. The van der Waals surface area contributed by atoms with Crippen LogP contribution in [0.3, 0.4) is 0 Å². The molecule has 0 aliphatic carbocycles. The van der Waals surface area contributed by atoms with Gasteiger partial charge in [-0.3, -0.25) is 4.79 Å². The van der Waals surface area contributed by atoms with Crippen LogP contribution in [0.4, 0.5) is 0 Å². The van der Waals surface area contributed by atoms with Gasteiger partial charge in [-0.2, -0.15) is 0 Å². The highest BCUT2D eigenvalue weighted by molar-refractivity contribution is 9.10. The van der Waals surface area contributed by atoms with Crippen molar-refractivity contribution in [3.8, 4) is 10.6 Å². The molecule has 0 bridgehead atoms. The molecule has 0 spiro atoms. The zero-order valence-electron chi connectivity index (χ0n) is 12.9. The fraction of sp³-hybridized carbons (Fsp3) is 0.125. The number of hydrogen-bond acceptors (Lipinski definition) is 5. The second kappa shape index (κ2) is 7.61. The van der Waals surface area contributed by atoms with E-state index in [-0.39, 0.29) is 22.9 Å². The minimum atomic E-state index is -3.66. The maximum atomic E-state index is 12.4. The lowest BCUT2D eigenvalue weighted by molar-refractivity contribution is 0.572. The summed E-state index contributed by atoms with van der Waals surface area (Å²) < 4.78 is 29.8. The Bertz CT molecular complexity index is 1030. The summed E-state index contributed by atoms with van der Waals surface area (Å²) in [4.78, 5) is 15.8. The summed E-state index contributed by atoms with van der Waals surface area (Å²) in [5.74, 6) is 0. The molecule has 0 saturated heterocycles. The van der Waals surface area contributed by atoms with Crippen LogP contribution in [-0.2, 0) is 16.6 Å². The third kappa shape index (κ3) is 4.43. The van der Waals surface area contributed by atoms with Gasteiger partial charge in [0.1, 0.15) is 5.01 Å². The topological polar surface area (TPSA) is 81.1 Å². The number of benzene rings is 1. The fourth-order valence-corrected chi connectivity index (χ4v) is 4.59. The van der Waals surface area contributed by atoms with Crippen molar-refractivity contribution >= 4 is 37.3 Å². The van der Waals surface area contributed by atoms with E-state index in [0.29, 0.717) is 5.01 Å². The zero-order chi connectivity index (χ0) is 17.9. The van der Waals surface area contributed by atoms with E-state index in [9.17, 15) is 13.2 Å². The lowest BCUT2D eigenvalue weighted by atomic mass is 10.2. The molecule has 0 fully saturated rings. The average Bonchev–Trinajstić information content (AvgIpc) is 3.08. The molecule has 0 aliphatic heterocycles. The molecule has 0 saturated carbocycles. The summed E-state index contributed by atoms with van der Waals surface area (Å²) in [6, 6.07) is 12.3. The Morgan fingerprint density at radius 1 is 1.16 bits per heavy atom. The number of aromatic nitrogens is 2. The number of thiazole rings is 1. The van der Waals surface area contributed by atoms with Crippen LogP contribution in [0.1, 0.15) is 0 Å². The quantitative estimate of drug-likeness (QED) is 0.639. The number of hydrogen-bond donors (Lipinski definition) is 1. The summed E-state index contributed by atoms with van der Waals surface area (Å²) in [5.41, 5.74) is 0.683. The Morgan fingerprint density at radius 3 is 2.64 bits per heavy atom. The van der Waals surface area contributed by atoms with Gasteiger partial charge in [-0.1, -0.05) is 34.1 Å². The van der Waals surface area contributed by atoms with Crippen molar-refractivity contribution in [2.75, 3.05) is 6.54 Å². The molecule has 1 N–H and O–H groups in total. The lowest BCUT2D eigenvalue weighted by Crippen LogP contribution is -2.30. The molecule has 25 heavy (non-hydrogen) atoms. The van der Waals surface area contributed by atoms with Crippen LogP contribution in [-0.4, -0.2) is 24.5 Å². The number of nitrogens with one attached hydrogen (secondary N) is 1. The van der Waals surface area contributed by atoms with E-state index >= 15 is 0 Å². The predicted molar refractivity (Wildman–Crippen MR) is 101 cm³/mol. The summed E-state index contributed by atoms with van der Waals surface area (Å²) in [6.45, 7) is 0.384. The smallest absolute Gasteiger partial charge is 0.251 e. The summed E-state index contributed by atoms with van der Waals surface area (Å²) in [6.07, 6.45) is 2.97. The van der Waals surface area contributed by atoms with Gasteiger partial charge in [-0.05, 0) is 18.2 Å². The molecule has 0 aliphatic rings. The van der Waals surface area contributed by atoms with Crippen LogP contribution in [0, 0.1) is 0 Å². The Balaban J connectivity index is 1.69. The Hall–Kier alpha value is -1.81. The van der Waals surface area contributed by atoms with Crippen molar-refractivity contribution in [1.29, 1.82) is 0 Å². The van der Waals surface area contributed by atoms with Gasteiger partial charge < -0.3 is 4.57 Å². The second-order valence-electron chi connectivity index (χ2n) is 5.12. The molecule has 2 heterocycles. The van der Waals surface area contributed by atoms with Gasteiger partial charge >= 0.3 is 0 Å². The SMILES string of the molecule is O=c1ccccn1CCNS(=O)(=O)c1cnc(-c2ccc(Br)cc2)s1. The molecule has 3 rings (SSSR count). The molecule has 0 radical (unpaired) electrons. The van der Waals surface area contributed by atoms with Gasteiger partial charge in [0, 0.05) is 35.4 Å². The first-order valence-corrected chi connectivity index (χ1v) is 10.4. The number of sulfonamides is 1. The van der Waals surface area contributed by atoms with Gasteiger partial charge in [0.25, 0.3) is 15.6 Å². The van der Waals surface area contributed by atoms with Gasteiger partial charge in [-0.25, -0.2) is 18.1 Å². The molecule has 9 heteroatoms. The third-order valence-corrected chi connectivity index (χ3v) is 6.88. The standard InChI is InChI=1S/C16H14BrN3O3S2/c17-13-6-4-12(5-7-13)16-18-11-15(24-16)25(22,23)19-8-10-20-9-2-1-3-14(20)21/h1-7,9,11,19H,8,10H2. The number of halogens is 1. The highest BCUT2D eigenvalue weighted by atomic mass is 79.9. The molecule has 0 atom stereocenters. The van der Waals surface area contributed by atoms with Crippen molar-refractivity contribution in [2.45, 2.75) is 10.8 Å². The monoisotopic (exact) mass is 439 g/mol. The first-order valence-electron chi connectivity index (χ1n) is 7.33. The van der Waals surface area contributed by atoms with E-state index in [2.05, 4.69) is 25.6 Å². The van der Waals surface area contributed by atoms with E-state index in [1.54, 1.807) is 18.3 Å². The molecular weight excluding hydrogens is 426 g/mol. The Morgan fingerprint density at radius 2 is 1.92 bits per heavy atom. The van der Waals surface area contributed by atoms with Crippen molar-refractivity contribution < 1.29 is 8.42 Å². The molecule has 3 aromatic rings. The highest BCUT2D eigenvalue weighted by Crippen LogP contribution is 2.28. The summed E-state index contributed by atoms with van der Waals surface area (Å²) >= 11 is 4.46. The second-order valence-corrected chi connectivity index (χ2v) is 9.06. The third-order valence-electron chi connectivity index (χ3n) is 3.38. The van der Waals surface area contributed by atoms with Crippen LogP contribution in [0.25, 0.3) is 10.6 Å². The maximum Gasteiger partial charge on any atom is 0.251 e. The van der Waals surface area contributed by atoms with E-state index in [4.69, 9.17) is 0 Å². The zero-order valence-corrected chi connectivity index (χ0v) is 16.1. The number of rotatable bonds is 6. The molecular formula is C16H14BrN3O3S2. The Kier molecular flexibility index (Phi) is 5.48. The summed E-state index contributed by atoms with van der Waals surface area (Å²) in [7, 11) is -3.66. The van der Waals surface area contributed by atoms with Crippen molar-refractivity contribution in [1.82, 2.24) is 14.3 Å². The maximum absolute atomic E-state index is 12.4. The van der Waals surface area contributed by atoms with E-state index in [1.807, 2.05) is 24.3 Å². The van der Waals surface area contributed by atoms with Crippen LogP contribution in [0.15, 0.2) is 68.3 Å². The first-order chi connectivity index (χ1) is 12.0. The average molecular weight is 440 g/mol. The minimum absolute atomic E-state index is 0.123. The van der Waals surface area contributed by atoms with E-state index in [1.165, 1.54) is 16.8 Å². The lowest BCUT2D eigenvalue weighted by Gasteiger charge is -2.06. The van der Waals surface area contributed by atoms with Crippen LogP contribution in [0.2, 0.25) is 0 Å². The predicted octanol–water partition coefficient (Wildman–Crippen LogP) is 2.71. The van der Waals surface area contributed by atoms with Crippen LogP contribution in [0.5, 0.6) is 0 Å². The normalized spacial score (nSPS) is 11.6. The van der Waals surface area contributed by atoms with E-state index < -0.39 is 10.0 Å². The van der Waals surface area contributed by atoms with Gasteiger partial charge in [0.05, 0.1) is 6.20 Å². The molecule has 2 aromatic heterocycles. The highest BCUT2D eigenvalue weighted by Gasteiger charge is 2.18. The minimum Gasteiger partial charge on any atom is -0.314 e. The molecule has 0 unspecified atom stereocenters. The molecule has 6 nitrogen and oxygen atoms in total. The van der Waals surface area contributed by atoms with Crippen LogP contribution < -0.4 is 10.3 Å². The van der Waals surface area contributed by atoms with Crippen molar-refractivity contribution in [3.05, 3.63) is 69.7 Å². The van der Waals surface area contributed by atoms with Crippen molar-refractivity contribution in [3.63, 3.8) is 0 Å². The Labute approximate surface area is 157 Å². The molecule has 1 aromatic carbocycles. The molecule has 0 amide bonds. The van der Waals surface area contributed by atoms with Gasteiger partial charge in [-0.15, -0.1) is 11.3 Å². The largest absolute Gasteiger partial charge is 0.314 e. The van der Waals surface area contributed by atoms with Gasteiger partial charge in [0.15, 0.2) is 4.21 Å². The first kappa shape index (κ1) is 18.0. The summed E-state index contributed by atoms with van der Waals surface area (Å²) in [5, 5.41) is 0.632. The fourth-order valence-electron chi connectivity index (χ4n) is 2.13. The van der Waals surface area contributed by atoms with Crippen molar-refractivity contribution in [2.24, 2.45) is 0 Å². The van der Waals surface area contributed by atoms with Crippen LogP contribution >= 0.6 is 27.3 Å². The number of nitrogens with zero attached hydrogens (tertiary/aromatic N) is 2. The number of pyridine rings is 1. The van der Waals surface area contributed by atoms with Gasteiger partial charge in [0.2, 0.25) is 0 Å². The van der Waals surface area contributed by atoms with E-state index in [0.717, 1.165) is 21.4 Å².